The van der Waals surface area contributed by atoms with Crippen LogP contribution in [-0.4, -0.2) is 0 Å². The van der Waals surface area contributed by atoms with Gasteiger partial charge in [0, 0.05) is 0 Å². The quantitative estimate of drug-likeness (QED) is 0.621. The molecule has 0 radical (unpaired) electrons. The van der Waals surface area contributed by atoms with Gasteiger partial charge in [0.1, 0.15) is 0 Å². The number of hydrogen-bond acceptors (Lipinski definition) is 0. The van der Waals surface area contributed by atoms with Crippen LogP contribution in [-0.2, 0) is 0 Å². The van der Waals surface area contributed by atoms with E-state index in [-0.39, 0.29) is 0 Å². The molecule has 0 fully saturated rings. The molecule has 17 heavy (non-hydrogen) atoms. The molecule has 0 aliphatic heterocycles. The molecule has 0 heterocycles. The van der Waals surface area contributed by atoms with Crippen molar-refractivity contribution in [3.63, 3.8) is 0 Å². The van der Waals surface area contributed by atoms with Crippen LogP contribution in [0, 0.1) is 0 Å². The zero-order valence-electron chi connectivity index (χ0n) is 10.5. The average Bonchev–Trinajstić information content (AvgIpc) is 2.94. The molecule has 0 atom stereocenters. The molecule has 0 amide bonds. The number of allylic oxidation sites excluding steroid dienone is 4. The fourth-order valence-corrected chi connectivity index (χ4v) is 2.04. The van der Waals surface area contributed by atoms with Crippen LogP contribution in [0.3, 0.4) is 0 Å². The molecule has 0 unspecified atom stereocenters. The minimum atomic E-state index is 1.07. The highest BCUT2D eigenvalue weighted by Crippen LogP contribution is 2.25. The monoisotopic (exact) mass is 222 g/mol. The Hall–Kier alpha value is -1.82. The molecular formula is C17H18. The summed E-state index contributed by atoms with van der Waals surface area (Å²) in [5.74, 6) is 0. The Morgan fingerprint density at radius 1 is 0.882 bits per heavy atom. The van der Waals surface area contributed by atoms with Gasteiger partial charge in [-0.3, -0.25) is 0 Å². The normalized spacial score (nSPS) is 13.2. The van der Waals surface area contributed by atoms with Crippen LogP contribution in [0.5, 0.6) is 0 Å². The van der Waals surface area contributed by atoms with Crippen LogP contribution in [0.2, 0.25) is 0 Å². The van der Waals surface area contributed by atoms with Crippen LogP contribution in [0.4, 0.5) is 0 Å². The molecule has 1 aliphatic carbocycles. The van der Waals surface area contributed by atoms with E-state index in [0.717, 1.165) is 6.42 Å². The van der Waals surface area contributed by atoms with E-state index in [1.807, 2.05) is 13.8 Å². The molecule has 2 aromatic rings. The summed E-state index contributed by atoms with van der Waals surface area (Å²) in [5, 5.41) is 2.63. The molecule has 0 aromatic heterocycles. The zero-order chi connectivity index (χ0) is 12.1. The summed E-state index contributed by atoms with van der Waals surface area (Å²) in [4.78, 5) is 0. The number of benzene rings is 2. The number of fused-ring (bicyclic) bond motifs is 1. The first kappa shape index (κ1) is 11.7. The van der Waals surface area contributed by atoms with Crippen molar-refractivity contribution in [2.75, 3.05) is 0 Å². The number of rotatable bonds is 1. The van der Waals surface area contributed by atoms with E-state index >= 15 is 0 Å². The van der Waals surface area contributed by atoms with E-state index in [4.69, 9.17) is 0 Å². The van der Waals surface area contributed by atoms with Crippen LogP contribution in [0.15, 0.2) is 60.7 Å². The molecule has 86 valence electrons. The second-order valence-corrected chi connectivity index (χ2v) is 3.86. The Bertz CT molecular complexity index is 559. The topological polar surface area (TPSA) is 0 Å². The van der Waals surface area contributed by atoms with Gasteiger partial charge in [0.15, 0.2) is 0 Å². The van der Waals surface area contributed by atoms with Crippen molar-refractivity contribution in [1.82, 2.24) is 0 Å². The SMILES string of the molecule is C1=CC(c2ccc3ccccc3c2)=CC1.CC. The Labute approximate surface area is 103 Å². The summed E-state index contributed by atoms with van der Waals surface area (Å²) in [7, 11) is 0. The molecule has 1 aliphatic rings. The van der Waals surface area contributed by atoms with Crippen molar-refractivity contribution in [2.45, 2.75) is 20.3 Å². The van der Waals surface area contributed by atoms with Crippen LogP contribution in [0.1, 0.15) is 25.8 Å². The lowest BCUT2D eigenvalue weighted by atomic mass is 10.0. The van der Waals surface area contributed by atoms with Gasteiger partial charge in [-0.15, -0.1) is 0 Å². The van der Waals surface area contributed by atoms with Gasteiger partial charge in [-0.1, -0.05) is 68.5 Å². The Kier molecular flexibility index (Phi) is 3.77. The van der Waals surface area contributed by atoms with E-state index in [1.165, 1.54) is 21.9 Å². The van der Waals surface area contributed by atoms with Gasteiger partial charge < -0.3 is 0 Å². The third-order valence-corrected chi connectivity index (χ3v) is 2.85. The van der Waals surface area contributed by atoms with Crippen LogP contribution in [0.25, 0.3) is 16.3 Å². The molecule has 0 N–H and O–H groups in total. The van der Waals surface area contributed by atoms with Crippen LogP contribution < -0.4 is 0 Å². The summed E-state index contributed by atoms with van der Waals surface area (Å²) < 4.78 is 0. The molecule has 3 rings (SSSR count). The summed E-state index contributed by atoms with van der Waals surface area (Å²) in [5.41, 5.74) is 2.67. The lowest BCUT2D eigenvalue weighted by Crippen LogP contribution is -1.79. The van der Waals surface area contributed by atoms with Crippen molar-refractivity contribution < 1.29 is 0 Å². The summed E-state index contributed by atoms with van der Waals surface area (Å²) in [6.07, 6.45) is 7.74. The highest BCUT2D eigenvalue weighted by atomic mass is 14.1. The second-order valence-electron chi connectivity index (χ2n) is 3.86. The van der Waals surface area contributed by atoms with Gasteiger partial charge in [0.2, 0.25) is 0 Å². The summed E-state index contributed by atoms with van der Waals surface area (Å²) in [6, 6.07) is 15.1. The van der Waals surface area contributed by atoms with Crippen molar-refractivity contribution in [1.29, 1.82) is 0 Å². The van der Waals surface area contributed by atoms with Gasteiger partial charge in [-0.05, 0) is 34.4 Å². The molecule has 0 nitrogen and oxygen atoms in total. The predicted molar refractivity (Wildman–Crippen MR) is 77.0 cm³/mol. The largest absolute Gasteiger partial charge is 0.0801 e. The minimum Gasteiger partial charge on any atom is -0.0801 e. The molecule has 0 spiro atoms. The average molecular weight is 222 g/mol. The van der Waals surface area contributed by atoms with Gasteiger partial charge in [0.05, 0.1) is 0 Å². The van der Waals surface area contributed by atoms with E-state index in [1.54, 1.807) is 0 Å². The van der Waals surface area contributed by atoms with Gasteiger partial charge in [-0.2, -0.15) is 0 Å². The molecular weight excluding hydrogens is 204 g/mol. The van der Waals surface area contributed by atoms with Crippen LogP contribution >= 0.6 is 0 Å². The van der Waals surface area contributed by atoms with E-state index in [9.17, 15) is 0 Å². The Balaban J connectivity index is 0.000000514. The minimum absolute atomic E-state index is 1.07. The van der Waals surface area contributed by atoms with Gasteiger partial charge in [-0.25, -0.2) is 0 Å². The molecule has 0 saturated carbocycles. The maximum atomic E-state index is 2.27. The first-order valence-corrected chi connectivity index (χ1v) is 6.29. The molecule has 0 saturated heterocycles. The standard InChI is InChI=1S/C15H12.C2H6/c1-2-6-12(5-1)15-10-9-13-7-3-4-8-14(13)11-15;1-2/h1,3-11H,2H2;1-2H3. The first-order chi connectivity index (χ1) is 8.43. The zero-order valence-corrected chi connectivity index (χ0v) is 10.5. The molecule has 0 bridgehead atoms. The second kappa shape index (κ2) is 5.49. The third-order valence-electron chi connectivity index (χ3n) is 2.85. The summed E-state index contributed by atoms with van der Waals surface area (Å²) in [6.45, 7) is 4.00. The predicted octanol–water partition coefficient (Wildman–Crippen LogP) is 5.21. The van der Waals surface area contributed by atoms with E-state index < -0.39 is 0 Å². The fraction of sp³-hybridized carbons (Fsp3) is 0.176. The smallest absolute Gasteiger partial charge is 0.0157 e. The van der Waals surface area contributed by atoms with Crippen molar-refractivity contribution in [3.05, 3.63) is 66.3 Å². The molecule has 0 heteroatoms. The lowest BCUT2D eigenvalue weighted by molar-refractivity contribution is 1.45. The van der Waals surface area contributed by atoms with Gasteiger partial charge >= 0.3 is 0 Å². The Morgan fingerprint density at radius 3 is 2.35 bits per heavy atom. The Morgan fingerprint density at radius 2 is 1.65 bits per heavy atom. The van der Waals surface area contributed by atoms with Crippen molar-refractivity contribution in [2.24, 2.45) is 0 Å². The number of hydrogen-bond donors (Lipinski definition) is 0. The van der Waals surface area contributed by atoms with E-state index in [2.05, 4.69) is 60.7 Å². The van der Waals surface area contributed by atoms with Gasteiger partial charge in [0.25, 0.3) is 0 Å². The van der Waals surface area contributed by atoms with Crippen molar-refractivity contribution in [3.8, 4) is 0 Å². The first-order valence-electron chi connectivity index (χ1n) is 6.29. The maximum absolute atomic E-state index is 2.27. The highest BCUT2D eigenvalue weighted by molar-refractivity contribution is 5.88. The van der Waals surface area contributed by atoms with E-state index in [0.29, 0.717) is 0 Å². The lowest BCUT2D eigenvalue weighted by Gasteiger charge is -2.02. The van der Waals surface area contributed by atoms with Crippen molar-refractivity contribution >= 4 is 16.3 Å². The summed E-state index contributed by atoms with van der Waals surface area (Å²) >= 11 is 0. The third kappa shape index (κ3) is 2.47. The maximum Gasteiger partial charge on any atom is -0.0157 e. The fourth-order valence-electron chi connectivity index (χ4n) is 2.04. The highest BCUT2D eigenvalue weighted by Gasteiger charge is 2.02. The molecule has 2 aromatic carbocycles.